The highest BCUT2D eigenvalue weighted by molar-refractivity contribution is 8.13. The average Bonchev–Trinajstić information content (AvgIpc) is 2.24. The summed E-state index contributed by atoms with van der Waals surface area (Å²) in [6, 6.07) is 4.31. The Morgan fingerprint density at radius 2 is 2.12 bits per heavy atom. The highest BCUT2D eigenvalue weighted by Crippen LogP contribution is 2.23. The molecular formula is C10H12ClNO4S. The SMILES string of the molecule is CNC(=O)COc1ccc(S(=O)(=O)Cl)c(C)c1. The summed E-state index contributed by atoms with van der Waals surface area (Å²) in [5, 5.41) is 2.40. The molecule has 0 fully saturated rings. The minimum Gasteiger partial charge on any atom is -0.484 e. The number of aryl methyl sites for hydroxylation is 1. The maximum Gasteiger partial charge on any atom is 0.261 e. The van der Waals surface area contributed by atoms with Gasteiger partial charge in [0.05, 0.1) is 4.90 Å². The van der Waals surface area contributed by atoms with Gasteiger partial charge in [0.15, 0.2) is 6.61 Å². The molecule has 0 saturated heterocycles. The lowest BCUT2D eigenvalue weighted by atomic mass is 10.2. The first-order valence-corrected chi connectivity index (χ1v) is 7.04. The number of hydrogen-bond donors (Lipinski definition) is 1. The first-order chi connectivity index (χ1) is 7.84. The molecule has 0 heterocycles. The van der Waals surface area contributed by atoms with E-state index in [-0.39, 0.29) is 17.4 Å². The molecule has 0 bridgehead atoms. The zero-order valence-electron chi connectivity index (χ0n) is 9.36. The van der Waals surface area contributed by atoms with Crippen LogP contribution in [0.1, 0.15) is 5.56 Å². The lowest BCUT2D eigenvalue weighted by Crippen LogP contribution is -2.24. The van der Waals surface area contributed by atoms with E-state index >= 15 is 0 Å². The minimum absolute atomic E-state index is 0.0338. The second-order valence-corrected chi connectivity index (χ2v) is 5.86. The third kappa shape index (κ3) is 3.90. The van der Waals surface area contributed by atoms with Crippen LogP contribution in [0.15, 0.2) is 23.1 Å². The smallest absolute Gasteiger partial charge is 0.261 e. The summed E-state index contributed by atoms with van der Waals surface area (Å²) in [6.45, 7) is 1.48. The van der Waals surface area contributed by atoms with Crippen LogP contribution >= 0.6 is 10.7 Å². The van der Waals surface area contributed by atoms with Gasteiger partial charge < -0.3 is 10.1 Å². The second kappa shape index (κ2) is 5.37. The number of halogens is 1. The molecular weight excluding hydrogens is 266 g/mol. The molecule has 94 valence electrons. The Balaban J connectivity index is 2.87. The first kappa shape index (κ1) is 13.8. The third-order valence-electron chi connectivity index (χ3n) is 2.06. The molecule has 1 aromatic rings. The fourth-order valence-corrected chi connectivity index (χ4v) is 2.40. The van der Waals surface area contributed by atoms with Crippen molar-refractivity contribution in [3.63, 3.8) is 0 Å². The zero-order valence-corrected chi connectivity index (χ0v) is 10.9. The standard InChI is InChI=1S/C10H12ClNO4S/c1-7-5-8(16-6-10(13)12-2)3-4-9(7)17(11,14)15/h3-5H,6H2,1-2H3,(H,12,13). The summed E-state index contributed by atoms with van der Waals surface area (Å²) in [7, 11) is 2.98. The van der Waals surface area contributed by atoms with Crippen molar-refractivity contribution in [2.75, 3.05) is 13.7 Å². The van der Waals surface area contributed by atoms with Crippen molar-refractivity contribution in [2.24, 2.45) is 0 Å². The number of carbonyl (C=O) groups is 1. The quantitative estimate of drug-likeness (QED) is 0.835. The van der Waals surface area contributed by atoms with E-state index in [4.69, 9.17) is 15.4 Å². The maximum absolute atomic E-state index is 11.1. The zero-order chi connectivity index (χ0) is 13.1. The highest BCUT2D eigenvalue weighted by Gasteiger charge is 2.13. The van der Waals surface area contributed by atoms with E-state index in [9.17, 15) is 13.2 Å². The largest absolute Gasteiger partial charge is 0.484 e. The van der Waals surface area contributed by atoms with Crippen molar-refractivity contribution < 1.29 is 17.9 Å². The Hall–Kier alpha value is -1.27. The van der Waals surface area contributed by atoms with Gasteiger partial charge in [0.1, 0.15) is 5.75 Å². The Bertz CT molecular complexity index is 527. The molecule has 0 aliphatic rings. The van der Waals surface area contributed by atoms with Crippen LogP contribution in [0.2, 0.25) is 0 Å². The second-order valence-electron chi connectivity index (χ2n) is 3.33. The number of hydrogen-bond acceptors (Lipinski definition) is 4. The molecule has 1 amide bonds. The minimum atomic E-state index is -3.75. The van der Waals surface area contributed by atoms with Crippen LogP contribution < -0.4 is 10.1 Å². The van der Waals surface area contributed by atoms with Gasteiger partial charge in [0, 0.05) is 17.7 Å². The van der Waals surface area contributed by atoms with Crippen molar-refractivity contribution in [1.29, 1.82) is 0 Å². The molecule has 1 rings (SSSR count). The van der Waals surface area contributed by atoms with Crippen LogP contribution in [0, 0.1) is 6.92 Å². The van der Waals surface area contributed by atoms with Crippen molar-refractivity contribution in [3.05, 3.63) is 23.8 Å². The molecule has 0 radical (unpaired) electrons. The summed E-state index contributed by atoms with van der Waals surface area (Å²) in [5.41, 5.74) is 0.467. The van der Waals surface area contributed by atoms with Crippen LogP contribution in [0.5, 0.6) is 5.75 Å². The van der Waals surface area contributed by atoms with Gasteiger partial charge in [-0.05, 0) is 30.7 Å². The summed E-state index contributed by atoms with van der Waals surface area (Å²) >= 11 is 0. The van der Waals surface area contributed by atoms with E-state index in [0.29, 0.717) is 11.3 Å². The van der Waals surface area contributed by atoms with Gasteiger partial charge in [0.2, 0.25) is 0 Å². The van der Waals surface area contributed by atoms with Crippen molar-refractivity contribution in [1.82, 2.24) is 5.32 Å². The fraction of sp³-hybridized carbons (Fsp3) is 0.300. The number of nitrogens with one attached hydrogen (secondary N) is 1. The van der Waals surface area contributed by atoms with E-state index in [1.54, 1.807) is 6.92 Å². The number of benzene rings is 1. The Kier molecular flexibility index (Phi) is 4.36. The summed E-state index contributed by atoms with van der Waals surface area (Å²) < 4.78 is 27.4. The summed E-state index contributed by atoms with van der Waals surface area (Å²) in [4.78, 5) is 11.0. The molecule has 17 heavy (non-hydrogen) atoms. The first-order valence-electron chi connectivity index (χ1n) is 4.73. The topological polar surface area (TPSA) is 72.5 Å². The molecule has 7 heteroatoms. The molecule has 0 aliphatic heterocycles. The number of ether oxygens (including phenoxy) is 1. The van der Waals surface area contributed by atoms with E-state index < -0.39 is 9.05 Å². The Morgan fingerprint density at radius 1 is 1.47 bits per heavy atom. The van der Waals surface area contributed by atoms with Crippen LogP contribution in [-0.2, 0) is 13.8 Å². The molecule has 0 unspecified atom stereocenters. The monoisotopic (exact) mass is 277 g/mol. The molecule has 0 atom stereocenters. The van der Waals surface area contributed by atoms with Gasteiger partial charge in [-0.3, -0.25) is 4.79 Å². The Morgan fingerprint density at radius 3 is 2.59 bits per heavy atom. The van der Waals surface area contributed by atoms with Gasteiger partial charge in [0.25, 0.3) is 15.0 Å². The lowest BCUT2D eigenvalue weighted by Gasteiger charge is -2.07. The molecule has 5 nitrogen and oxygen atoms in total. The molecule has 0 spiro atoms. The predicted octanol–water partition coefficient (Wildman–Crippen LogP) is 1.05. The van der Waals surface area contributed by atoms with Crippen molar-refractivity contribution in [2.45, 2.75) is 11.8 Å². The number of amides is 1. The third-order valence-corrected chi connectivity index (χ3v) is 3.54. The van der Waals surface area contributed by atoms with E-state index in [0.717, 1.165) is 0 Å². The van der Waals surface area contributed by atoms with Gasteiger partial charge in [-0.15, -0.1) is 0 Å². The fourth-order valence-electron chi connectivity index (χ4n) is 1.21. The molecule has 1 aromatic carbocycles. The van der Waals surface area contributed by atoms with Crippen LogP contribution in [0.25, 0.3) is 0 Å². The van der Waals surface area contributed by atoms with Crippen molar-refractivity contribution in [3.8, 4) is 5.75 Å². The molecule has 0 aliphatic carbocycles. The van der Waals surface area contributed by atoms with Gasteiger partial charge in [-0.25, -0.2) is 8.42 Å². The molecule has 1 N–H and O–H groups in total. The van der Waals surface area contributed by atoms with Crippen molar-refractivity contribution >= 4 is 25.6 Å². The van der Waals surface area contributed by atoms with Gasteiger partial charge in [-0.1, -0.05) is 0 Å². The van der Waals surface area contributed by atoms with Crippen LogP contribution in [0.4, 0.5) is 0 Å². The summed E-state index contributed by atoms with van der Waals surface area (Å²) in [6.07, 6.45) is 0. The van der Waals surface area contributed by atoms with Crippen LogP contribution in [0.3, 0.4) is 0 Å². The summed E-state index contributed by atoms with van der Waals surface area (Å²) in [5.74, 6) is 0.145. The molecule has 0 aromatic heterocycles. The van der Waals surface area contributed by atoms with E-state index in [1.807, 2.05) is 0 Å². The normalized spacial score (nSPS) is 11.0. The lowest BCUT2D eigenvalue weighted by molar-refractivity contribution is -0.122. The number of likely N-dealkylation sites (N-methyl/N-ethyl adjacent to an activating group) is 1. The van der Waals surface area contributed by atoms with Gasteiger partial charge in [-0.2, -0.15) is 0 Å². The average molecular weight is 278 g/mol. The van der Waals surface area contributed by atoms with E-state index in [1.165, 1.54) is 25.2 Å². The Labute approximate surface area is 104 Å². The molecule has 0 saturated carbocycles. The number of carbonyl (C=O) groups excluding carboxylic acids is 1. The van der Waals surface area contributed by atoms with Crippen LogP contribution in [-0.4, -0.2) is 28.0 Å². The highest BCUT2D eigenvalue weighted by atomic mass is 35.7. The maximum atomic E-state index is 11.1. The van der Waals surface area contributed by atoms with E-state index in [2.05, 4.69) is 5.32 Å². The predicted molar refractivity (Wildman–Crippen MR) is 63.8 cm³/mol. The number of rotatable bonds is 4. The van der Waals surface area contributed by atoms with Gasteiger partial charge >= 0.3 is 0 Å².